The average molecular weight is 527 g/mol. The largest absolute Gasteiger partial charge is 0.595 e. The number of benzene rings is 2. The van der Waals surface area contributed by atoms with Crippen LogP contribution in [0.5, 0.6) is 0 Å². The topological polar surface area (TPSA) is 144 Å². The van der Waals surface area contributed by atoms with Crippen molar-refractivity contribution in [1.29, 1.82) is 0 Å². The van der Waals surface area contributed by atoms with E-state index in [1.54, 1.807) is 43.3 Å². The first-order valence-electron chi connectivity index (χ1n) is 12.7. The van der Waals surface area contributed by atoms with E-state index in [1.165, 1.54) is 12.1 Å². The third kappa shape index (κ3) is 4.51. The lowest BCUT2D eigenvalue weighted by atomic mass is 9.94. The van der Waals surface area contributed by atoms with Crippen molar-refractivity contribution in [2.24, 2.45) is 0 Å². The van der Waals surface area contributed by atoms with Crippen LogP contribution in [0.25, 0.3) is 0 Å². The maximum Gasteiger partial charge on any atom is 0.258 e. The highest BCUT2D eigenvalue weighted by Crippen LogP contribution is 2.55. The molecule has 3 aliphatic heterocycles. The van der Waals surface area contributed by atoms with Crippen LogP contribution >= 0.6 is 0 Å². The molecular weight excluding hydrogens is 492 g/mol. The van der Waals surface area contributed by atoms with Gasteiger partial charge in [-0.05, 0) is 38.8 Å². The van der Waals surface area contributed by atoms with E-state index in [2.05, 4.69) is 18.4 Å². The number of nitrogens with one attached hydrogen (secondary N) is 2. The van der Waals surface area contributed by atoms with Gasteiger partial charge in [0.1, 0.15) is 17.8 Å². The Kier molecular flexibility index (Phi) is 6.61. The molecule has 4 N–H and O–H groups in total. The van der Waals surface area contributed by atoms with E-state index in [0.29, 0.717) is 13.1 Å². The lowest BCUT2D eigenvalue weighted by Crippen LogP contribution is -2.99. The van der Waals surface area contributed by atoms with Gasteiger partial charge in [-0.3, -0.25) is 4.79 Å². The minimum Gasteiger partial charge on any atom is -0.595 e. The van der Waals surface area contributed by atoms with Crippen LogP contribution in [0.15, 0.2) is 60.8 Å². The molecule has 2 aromatic rings. The summed E-state index contributed by atoms with van der Waals surface area (Å²) in [4.78, 5) is 17.6. The van der Waals surface area contributed by atoms with Crippen molar-refractivity contribution >= 4 is 17.3 Å². The van der Waals surface area contributed by atoms with Crippen molar-refractivity contribution < 1.29 is 35.1 Å². The van der Waals surface area contributed by atoms with Gasteiger partial charge in [-0.15, -0.1) is 0 Å². The highest BCUT2D eigenvalue weighted by atomic mass is 16.8. The second kappa shape index (κ2) is 9.40. The Morgan fingerprint density at radius 3 is 1.71 bits per heavy atom. The third-order valence-corrected chi connectivity index (χ3v) is 8.12. The number of quaternary nitrogens is 2. The zero-order valence-corrected chi connectivity index (χ0v) is 21.9. The Bertz CT molecular complexity index is 1130. The Hall–Kier alpha value is -2.87. The zero-order valence-electron chi connectivity index (χ0n) is 21.9. The minimum atomic E-state index is -0.998. The number of epoxide rings is 2. The molecule has 3 saturated heterocycles. The van der Waals surface area contributed by atoms with Crippen LogP contribution in [0, 0.1) is 10.4 Å². The van der Waals surface area contributed by atoms with Crippen molar-refractivity contribution in [3.63, 3.8) is 0 Å². The van der Waals surface area contributed by atoms with E-state index >= 15 is 0 Å². The Morgan fingerprint density at radius 1 is 0.842 bits per heavy atom. The van der Waals surface area contributed by atoms with E-state index < -0.39 is 27.8 Å². The molecule has 0 aromatic heterocycles. The van der Waals surface area contributed by atoms with Gasteiger partial charge in [0.15, 0.2) is 17.0 Å². The molecule has 3 aliphatic rings. The zero-order chi connectivity index (χ0) is 27.6. The van der Waals surface area contributed by atoms with Gasteiger partial charge in [-0.2, -0.15) is 10.5 Å². The van der Waals surface area contributed by atoms with Gasteiger partial charge in [0.2, 0.25) is 0 Å². The summed E-state index contributed by atoms with van der Waals surface area (Å²) in [7, 11) is 0. The molecule has 3 fully saturated rings. The number of piperazine rings is 1. The number of ether oxygens (including phenoxy) is 2. The summed E-state index contributed by atoms with van der Waals surface area (Å²) in [5.41, 5.74) is 1.33. The summed E-state index contributed by atoms with van der Waals surface area (Å²) in [6.45, 7) is 13.3. The molecule has 0 bridgehead atoms. The molecule has 0 aliphatic carbocycles. The van der Waals surface area contributed by atoms with Crippen molar-refractivity contribution in [3.8, 4) is 0 Å². The fraction of sp³-hybridized carbons (Fsp3) is 0.444. The van der Waals surface area contributed by atoms with Crippen LogP contribution in [0.2, 0.25) is 0 Å². The highest BCUT2D eigenvalue weighted by Gasteiger charge is 2.62. The van der Waals surface area contributed by atoms with Gasteiger partial charge in [-0.25, -0.2) is 10.4 Å². The smallest absolute Gasteiger partial charge is 0.258 e. The van der Waals surface area contributed by atoms with E-state index in [-0.39, 0.29) is 35.5 Å². The van der Waals surface area contributed by atoms with E-state index in [1.807, 2.05) is 18.7 Å². The molecule has 8 atom stereocenters. The first kappa shape index (κ1) is 26.7. The predicted molar refractivity (Wildman–Crippen MR) is 135 cm³/mol. The molecular formula is C27H34N4O7. The van der Waals surface area contributed by atoms with Crippen molar-refractivity contribution in [2.75, 3.05) is 13.1 Å². The van der Waals surface area contributed by atoms with E-state index in [0.717, 1.165) is 16.8 Å². The molecule has 0 spiro atoms. The molecule has 11 nitrogen and oxygen atoms in total. The number of carbonyl (C=O) groups is 1. The highest BCUT2D eigenvalue weighted by molar-refractivity contribution is 5.89. The van der Waals surface area contributed by atoms with Crippen LogP contribution < -0.4 is 10.5 Å². The summed E-state index contributed by atoms with van der Waals surface area (Å²) in [6.07, 6.45) is -0.632. The maximum atomic E-state index is 13.6. The normalized spacial score (nSPS) is 34.0. The van der Waals surface area contributed by atoms with Crippen LogP contribution in [-0.4, -0.2) is 62.5 Å². The molecule has 3 heterocycles. The molecule has 2 aromatic carbocycles. The van der Waals surface area contributed by atoms with Crippen LogP contribution in [0.3, 0.4) is 0 Å². The quantitative estimate of drug-likeness (QED) is 0.312. The third-order valence-electron chi connectivity index (χ3n) is 8.12. The first-order chi connectivity index (χ1) is 17.9. The van der Waals surface area contributed by atoms with Crippen LogP contribution in [-0.2, 0) is 14.3 Å². The average Bonchev–Trinajstić information content (AvgIpc) is 3.79. The SMILES string of the molecule is C=C(N1CC(C)N(C(=O)C2(C)OC2c2ccc([NH+]([O-])O)cc2)CC1C)C1(C)OC1c1ccc([NH+]([O-])O)cc1. The molecule has 0 saturated carbocycles. The summed E-state index contributed by atoms with van der Waals surface area (Å²) in [5.74, 6) is -0.0836. The lowest BCUT2D eigenvalue weighted by molar-refractivity contribution is -0.991. The van der Waals surface area contributed by atoms with Gasteiger partial charge in [0.05, 0.1) is 0 Å². The second-order valence-corrected chi connectivity index (χ2v) is 10.8. The van der Waals surface area contributed by atoms with Crippen LogP contribution in [0.4, 0.5) is 11.4 Å². The second-order valence-electron chi connectivity index (χ2n) is 10.8. The monoisotopic (exact) mass is 526 g/mol. The number of carbonyl (C=O) groups excluding carboxylic acids is 1. The standard InChI is InChI=1S/C27H34N4O7/c1-16-15-29(25(32)27(5)24(38-27)20-8-12-22(13-9-20)31(35)36)17(2)14-28(16)18(3)26(4)23(37-26)19-6-10-21(11-7-19)30(33)34/h6-13,16-17,23-24,30-31,33,35H,3,14-15H2,1-2,4-5H3. The number of hydrogen-bond acceptors (Lipinski definition) is 8. The Labute approximate surface area is 221 Å². The fourth-order valence-electron chi connectivity index (χ4n) is 5.53. The van der Waals surface area contributed by atoms with Crippen molar-refractivity contribution in [1.82, 2.24) is 9.80 Å². The van der Waals surface area contributed by atoms with E-state index in [4.69, 9.17) is 19.9 Å². The lowest BCUT2D eigenvalue weighted by Gasteiger charge is -2.47. The predicted octanol–water partition coefficient (Wildman–Crippen LogP) is 1.29. The Morgan fingerprint density at radius 2 is 1.24 bits per heavy atom. The number of amides is 1. The molecule has 8 unspecified atom stereocenters. The van der Waals surface area contributed by atoms with Gasteiger partial charge >= 0.3 is 0 Å². The summed E-state index contributed by atoms with van der Waals surface area (Å²) < 4.78 is 12.0. The molecule has 1 amide bonds. The maximum absolute atomic E-state index is 13.6. The number of nitrogens with zero attached hydrogens (tertiary/aromatic N) is 2. The van der Waals surface area contributed by atoms with Gasteiger partial charge in [0.25, 0.3) is 5.91 Å². The van der Waals surface area contributed by atoms with Gasteiger partial charge < -0.3 is 29.7 Å². The number of hydrogen-bond donors (Lipinski definition) is 4. The molecule has 38 heavy (non-hydrogen) atoms. The summed E-state index contributed by atoms with van der Waals surface area (Å²) >= 11 is 0. The van der Waals surface area contributed by atoms with Crippen molar-refractivity contribution in [2.45, 2.75) is 63.2 Å². The van der Waals surface area contributed by atoms with Gasteiger partial charge in [0, 0.05) is 55.1 Å². The molecule has 204 valence electrons. The molecule has 11 heteroatoms. The number of rotatable bonds is 7. The molecule has 0 radical (unpaired) electrons. The van der Waals surface area contributed by atoms with E-state index in [9.17, 15) is 15.2 Å². The fourth-order valence-corrected chi connectivity index (χ4v) is 5.53. The summed E-state index contributed by atoms with van der Waals surface area (Å²) in [5, 5.41) is 38.6. The first-order valence-corrected chi connectivity index (χ1v) is 12.7. The van der Waals surface area contributed by atoms with Gasteiger partial charge in [-0.1, -0.05) is 30.8 Å². The Balaban J connectivity index is 1.23. The summed E-state index contributed by atoms with van der Waals surface area (Å²) in [6, 6.07) is 13.0. The minimum absolute atomic E-state index is 0.00522. The van der Waals surface area contributed by atoms with Crippen molar-refractivity contribution in [3.05, 3.63) is 82.3 Å². The molecule has 5 rings (SSSR count). The van der Waals surface area contributed by atoms with Crippen LogP contribution in [0.1, 0.15) is 51.0 Å².